The fourth-order valence-electron chi connectivity index (χ4n) is 4.26. The molecule has 3 atom stereocenters. The Morgan fingerprint density at radius 3 is 2.73 bits per heavy atom. The minimum absolute atomic E-state index is 0. The third kappa shape index (κ3) is 6.44. The van der Waals surface area contributed by atoms with E-state index in [4.69, 9.17) is 11.6 Å². The van der Waals surface area contributed by atoms with Gasteiger partial charge in [0.25, 0.3) is 0 Å². The Balaban J connectivity index is 0.00000243. The van der Waals surface area contributed by atoms with Gasteiger partial charge in [-0.05, 0) is 54.6 Å². The minimum atomic E-state index is 0. The van der Waals surface area contributed by atoms with E-state index in [9.17, 15) is 0 Å². The molecule has 0 bridgehead atoms. The van der Waals surface area contributed by atoms with Crippen molar-refractivity contribution in [3.8, 4) is 0 Å². The maximum Gasteiger partial charge on any atom is 0.0367 e. The predicted octanol–water partition coefficient (Wildman–Crippen LogP) is 7.26. The van der Waals surface area contributed by atoms with E-state index < -0.39 is 0 Å². The van der Waals surface area contributed by atoms with Crippen molar-refractivity contribution >= 4 is 22.9 Å². The molecule has 0 spiro atoms. The molecule has 2 aromatic rings. The van der Waals surface area contributed by atoms with E-state index in [2.05, 4.69) is 49.6 Å². The number of halogens is 1. The molecule has 1 fully saturated rings. The van der Waals surface area contributed by atoms with Crippen molar-refractivity contribution in [2.75, 3.05) is 0 Å². The van der Waals surface area contributed by atoms with Crippen LogP contribution in [-0.4, -0.2) is 5.38 Å². The molecule has 26 heavy (non-hydrogen) atoms. The molecular formula is C23H30ClSY-. The van der Waals surface area contributed by atoms with Gasteiger partial charge in [-0.2, -0.15) is 6.07 Å². The summed E-state index contributed by atoms with van der Waals surface area (Å²) >= 11 is 8.46. The number of aryl methyl sites for hydroxylation is 2. The molecular weight excluding hydrogens is 433 g/mol. The SMILES string of the molecule is CC(C)c1cccc(CC[C@H]2C(Cl)CC[C@@H]2CCCc2cc[c-]s2)c1.[Y]. The van der Waals surface area contributed by atoms with Gasteiger partial charge in [0.2, 0.25) is 0 Å². The van der Waals surface area contributed by atoms with Gasteiger partial charge >= 0.3 is 0 Å². The Morgan fingerprint density at radius 2 is 2.00 bits per heavy atom. The molecule has 1 aromatic heterocycles. The number of rotatable bonds is 8. The summed E-state index contributed by atoms with van der Waals surface area (Å²) in [6.45, 7) is 4.54. The van der Waals surface area contributed by atoms with Crippen LogP contribution in [0.25, 0.3) is 0 Å². The monoisotopic (exact) mass is 462 g/mol. The predicted molar refractivity (Wildman–Crippen MR) is 111 cm³/mol. The van der Waals surface area contributed by atoms with E-state index in [-0.39, 0.29) is 32.7 Å². The van der Waals surface area contributed by atoms with Gasteiger partial charge < -0.3 is 11.3 Å². The molecule has 1 aliphatic carbocycles. The number of alkyl halides is 1. The van der Waals surface area contributed by atoms with Gasteiger partial charge in [-0.1, -0.05) is 57.4 Å². The molecule has 3 rings (SSSR count). The molecule has 3 heteroatoms. The molecule has 0 aliphatic heterocycles. The number of hydrogen-bond acceptors (Lipinski definition) is 1. The van der Waals surface area contributed by atoms with Crippen LogP contribution in [0.5, 0.6) is 0 Å². The van der Waals surface area contributed by atoms with Crippen molar-refractivity contribution < 1.29 is 32.7 Å². The quantitative estimate of drug-likeness (QED) is 0.286. The average molecular weight is 463 g/mol. The van der Waals surface area contributed by atoms with E-state index in [1.165, 1.54) is 60.9 Å². The van der Waals surface area contributed by atoms with Crippen LogP contribution in [0.3, 0.4) is 0 Å². The molecule has 1 radical (unpaired) electrons. The van der Waals surface area contributed by atoms with Crippen LogP contribution in [0, 0.1) is 17.2 Å². The molecule has 1 aliphatic rings. The van der Waals surface area contributed by atoms with Gasteiger partial charge in [0, 0.05) is 38.1 Å². The second kappa shape index (κ2) is 11.3. The summed E-state index contributed by atoms with van der Waals surface area (Å²) in [5.74, 6) is 2.12. The van der Waals surface area contributed by atoms with Crippen molar-refractivity contribution in [1.29, 1.82) is 0 Å². The van der Waals surface area contributed by atoms with Gasteiger partial charge in [0.05, 0.1) is 0 Å². The van der Waals surface area contributed by atoms with Crippen molar-refractivity contribution in [2.24, 2.45) is 11.8 Å². The maximum absolute atomic E-state index is 6.70. The first kappa shape index (κ1) is 22.6. The maximum atomic E-state index is 6.70. The summed E-state index contributed by atoms with van der Waals surface area (Å²) in [5.41, 5.74) is 2.94. The molecule has 1 unspecified atom stereocenters. The van der Waals surface area contributed by atoms with Crippen LogP contribution in [0.2, 0.25) is 0 Å². The zero-order chi connectivity index (χ0) is 17.6. The van der Waals surface area contributed by atoms with E-state index in [1.807, 2.05) is 6.07 Å². The first-order valence-electron chi connectivity index (χ1n) is 9.81. The van der Waals surface area contributed by atoms with Crippen LogP contribution in [-0.2, 0) is 45.6 Å². The molecule has 1 saturated carbocycles. The molecule has 0 saturated heterocycles. The van der Waals surface area contributed by atoms with Gasteiger partial charge in [0.15, 0.2) is 0 Å². The van der Waals surface area contributed by atoms with Crippen LogP contribution >= 0.6 is 22.9 Å². The summed E-state index contributed by atoms with van der Waals surface area (Å²) in [6.07, 6.45) is 8.77. The third-order valence-electron chi connectivity index (χ3n) is 5.79. The van der Waals surface area contributed by atoms with Crippen molar-refractivity contribution in [2.45, 2.75) is 70.1 Å². The van der Waals surface area contributed by atoms with Crippen molar-refractivity contribution in [3.63, 3.8) is 0 Å². The average Bonchev–Trinajstić information content (AvgIpc) is 3.24. The van der Waals surface area contributed by atoms with Gasteiger partial charge in [-0.15, -0.1) is 21.9 Å². The zero-order valence-corrected chi connectivity index (χ0v) is 20.5. The van der Waals surface area contributed by atoms with Gasteiger partial charge in [-0.25, -0.2) is 6.07 Å². The van der Waals surface area contributed by atoms with E-state index in [0.29, 0.717) is 17.2 Å². The Kier molecular flexibility index (Phi) is 9.86. The fourth-order valence-corrected chi connectivity index (χ4v) is 5.38. The topological polar surface area (TPSA) is 0 Å². The van der Waals surface area contributed by atoms with Crippen molar-refractivity contribution in [3.05, 3.63) is 57.8 Å². The van der Waals surface area contributed by atoms with E-state index >= 15 is 0 Å². The summed E-state index contributed by atoms with van der Waals surface area (Å²) < 4.78 is 0. The molecule has 1 heterocycles. The number of thiophene rings is 1. The van der Waals surface area contributed by atoms with Crippen LogP contribution < -0.4 is 0 Å². The second-order valence-electron chi connectivity index (χ2n) is 7.87. The Bertz CT molecular complexity index is 637. The smallest absolute Gasteiger partial charge is 0.0367 e. The summed E-state index contributed by atoms with van der Waals surface area (Å²) in [5, 5.41) is 3.58. The van der Waals surface area contributed by atoms with E-state index in [1.54, 1.807) is 11.3 Å². The third-order valence-corrected chi connectivity index (χ3v) is 7.19. The summed E-state index contributed by atoms with van der Waals surface area (Å²) in [6, 6.07) is 13.4. The minimum Gasteiger partial charge on any atom is -0.300 e. The molecule has 139 valence electrons. The Hall–Kier alpha value is 0.314. The van der Waals surface area contributed by atoms with Gasteiger partial charge in [0.1, 0.15) is 0 Å². The Labute approximate surface area is 194 Å². The molecule has 0 amide bonds. The van der Waals surface area contributed by atoms with E-state index in [0.717, 1.165) is 5.92 Å². The summed E-state index contributed by atoms with van der Waals surface area (Å²) in [4.78, 5) is 1.47. The zero-order valence-electron chi connectivity index (χ0n) is 16.1. The molecule has 1 aromatic carbocycles. The fraction of sp³-hybridized carbons (Fsp3) is 0.565. The first-order chi connectivity index (χ1) is 12.1. The Morgan fingerprint density at radius 1 is 1.15 bits per heavy atom. The van der Waals surface area contributed by atoms with Gasteiger partial charge in [-0.3, -0.25) is 0 Å². The first-order valence-corrected chi connectivity index (χ1v) is 11.1. The summed E-state index contributed by atoms with van der Waals surface area (Å²) in [7, 11) is 0. The second-order valence-corrected chi connectivity index (χ2v) is 9.39. The molecule has 0 nitrogen and oxygen atoms in total. The molecule has 0 N–H and O–H groups in total. The van der Waals surface area contributed by atoms with Crippen molar-refractivity contribution in [1.82, 2.24) is 0 Å². The van der Waals surface area contributed by atoms with Crippen LogP contribution in [0.15, 0.2) is 36.4 Å². The number of benzene rings is 1. The van der Waals surface area contributed by atoms with Crippen LogP contribution in [0.1, 0.15) is 67.9 Å². The largest absolute Gasteiger partial charge is 0.300 e. The standard InChI is InChI=1S/C23H30ClS.Y/c1-17(2)20-8-3-6-18(16-20)11-13-22-19(12-14-23(22)24)7-4-9-21-10-5-15-25-21;/h3,5-6,8,10,16-17,19,22-23H,4,7,9,11-14H2,1-2H3;/q-1;/t19-,22+,23?;/m0./s1. The number of hydrogen-bond donors (Lipinski definition) is 0. The normalized spacial score (nSPS) is 22.5. The van der Waals surface area contributed by atoms with Crippen LogP contribution in [0.4, 0.5) is 0 Å².